The summed E-state index contributed by atoms with van der Waals surface area (Å²) in [6, 6.07) is -0.568. The zero-order valence-corrected chi connectivity index (χ0v) is 18.0. The topological polar surface area (TPSA) is 105 Å². The lowest BCUT2D eigenvalue weighted by Gasteiger charge is -2.22. The first-order valence-electron chi connectivity index (χ1n) is 9.93. The Morgan fingerprint density at radius 1 is 1.31 bits per heavy atom. The molecule has 1 atom stereocenters. The Hall–Kier alpha value is -2.42. The van der Waals surface area contributed by atoms with E-state index in [1.54, 1.807) is 0 Å². The van der Waals surface area contributed by atoms with Gasteiger partial charge in [0.25, 0.3) is 5.91 Å². The number of imide groups is 1. The van der Waals surface area contributed by atoms with Crippen molar-refractivity contribution in [2.45, 2.75) is 58.4 Å². The van der Waals surface area contributed by atoms with Gasteiger partial charge in [-0.3, -0.25) is 14.5 Å². The number of thiophene rings is 1. The number of carbonyl (C=O) groups excluding carboxylic acids is 4. The molecular weight excluding hydrogens is 394 g/mol. The van der Waals surface area contributed by atoms with Crippen molar-refractivity contribution in [2.24, 2.45) is 5.92 Å². The first-order chi connectivity index (χ1) is 13.8. The summed E-state index contributed by atoms with van der Waals surface area (Å²) in [5.41, 5.74) is 0.370. The summed E-state index contributed by atoms with van der Waals surface area (Å²) in [6.07, 6.45) is 3.49. The molecule has 2 N–H and O–H groups in total. The third kappa shape index (κ3) is 3.75. The molecule has 29 heavy (non-hydrogen) atoms. The number of anilines is 1. The molecule has 158 valence electrons. The van der Waals surface area contributed by atoms with Crippen LogP contribution in [0.4, 0.5) is 9.80 Å². The SMILES string of the molecule is CCC1(CC)NC(=O)N(CC(=O)Nc2sc3c(c2C(=O)OC)CCC(C)C3)C1=O. The summed E-state index contributed by atoms with van der Waals surface area (Å²) in [6.45, 7) is 5.41. The highest BCUT2D eigenvalue weighted by atomic mass is 32.1. The van der Waals surface area contributed by atoms with Gasteiger partial charge >= 0.3 is 12.0 Å². The molecule has 0 bridgehead atoms. The van der Waals surface area contributed by atoms with Crippen molar-refractivity contribution in [3.8, 4) is 0 Å². The van der Waals surface area contributed by atoms with E-state index in [4.69, 9.17) is 4.74 Å². The molecule has 0 saturated carbocycles. The van der Waals surface area contributed by atoms with Crippen LogP contribution in [0.25, 0.3) is 0 Å². The smallest absolute Gasteiger partial charge is 0.341 e. The van der Waals surface area contributed by atoms with Gasteiger partial charge in [-0.15, -0.1) is 11.3 Å². The van der Waals surface area contributed by atoms with Crippen molar-refractivity contribution in [3.63, 3.8) is 0 Å². The number of carbonyl (C=O) groups is 4. The van der Waals surface area contributed by atoms with Gasteiger partial charge in [0.05, 0.1) is 12.7 Å². The number of fused-ring (bicyclic) bond motifs is 1. The fourth-order valence-electron chi connectivity index (χ4n) is 4.02. The van der Waals surface area contributed by atoms with Crippen LogP contribution in [0.3, 0.4) is 0 Å². The number of ether oxygens (including phenoxy) is 1. The van der Waals surface area contributed by atoms with E-state index in [0.717, 1.165) is 34.6 Å². The highest BCUT2D eigenvalue weighted by Crippen LogP contribution is 2.40. The second-order valence-corrected chi connectivity index (χ2v) is 8.81. The second kappa shape index (κ2) is 8.14. The van der Waals surface area contributed by atoms with Crippen LogP contribution in [0.15, 0.2) is 0 Å². The van der Waals surface area contributed by atoms with Gasteiger partial charge in [-0.25, -0.2) is 9.59 Å². The largest absolute Gasteiger partial charge is 0.465 e. The van der Waals surface area contributed by atoms with Crippen molar-refractivity contribution >= 4 is 40.2 Å². The van der Waals surface area contributed by atoms with Crippen LogP contribution in [0.2, 0.25) is 0 Å². The number of rotatable bonds is 6. The number of esters is 1. The van der Waals surface area contributed by atoms with Crippen LogP contribution < -0.4 is 10.6 Å². The minimum Gasteiger partial charge on any atom is -0.465 e. The van der Waals surface area contributed by atoms with Crippen LogP contribution in [-0.4, -0.2) is 47.9 Å². The van der Waals surface area contributed by atoms with Gasteiger partial charge in [0.1, 0.15) is 17.1 Å². The molecule has 0 radical (unpaired) electrons. The van der Waals surface area contributed by atoms with Crippen molar-refractivity contribution in [3.05, 3.63) is 16.0 Å². The predicted octanol–water partition coefficient (Wildman–Crippen LogP) is 2.71. The molecule has 1 unspecified atom stereocenters. The Bertz CT molecular complexity index is 859. The standard InChI is InChI=1S/C20H27N3O5S/c1-5-20(6-2)18(26)23(19(27)22-20)10-14(24)21-16-15(17(25)28-4)12-8-7-11(3)9-13(12)29-16/h11H,5-10H2,1-4H3,(H,21,24)(H,22,27). The Kier molecular flexibility index (Phi) is 5.97. The van der Waals surface area contributed by atoms with Crippen LogP contribution in [0.1, 0.15) is 60.8 Å². The first kappa shape index (κ1) is 21.3. The maximum Gasteiger partial charge on any atom is 0.341 e. The van der Waals surface area contributed by atoms with Gasteiger partial charge in [-0.05, 0) is 43.6 Å². The molecule has 2 aliphatic rings. The van der Waals surface area contributed by atoms with Crippen LogP contribution >= 0.6 is 11.3 Å². The third-order valence-corrected chi connectivity index (χ3v) is 7.08. The van der Waals surface area contributed by atoms with E-state index in [0.29, 0.717) is 29.3 Å². The van der Waals surface area contributed by atoms with Gasteiger partial charge in [-0.1, -0.05) is 20.8 Å². The minimum atomic E-state index is -0.952. The molecule has 0 aromatic carbocycles. The summed E-state index contributed by atoms with van der Waals surface area (Å²) >= 11 is 1.37. The van der Waals surface area contributed by atoms with E-state index < -0.39 is 35.9 Å². The van der Waals surface area contributed by atoms with Crippen LogP contribution in [-0.2, 0) is 27.2 Å². The number of amides is 4. The molecule has 1 aromatic rings. The summed E-state index contributed by atoms with van der Waals surface area (Å²) in [7, 11) is 1.31. The molecular formula is C20H27N3O5S. The summed E-state index contributed by atoms with van der Waals surface area (Å²) in [4.78, 5) is 52.0. The van der Waals surface area contributed by atoms with Crippen molar-refractivity contribution < 1.29 is 23.9 Å². The number of urea groups is 1. The van der Waals surface area contributed by atoms with Gasteiger partial charge in [0.15, 0.2) is 0 Å². The molecule has 1 aliphatic heterocycles. The lowest BCUT2D eigenvalue weighted by Crippen LogP contribution is -2.46. The maximum absolute atomic E-state index is 12.7. The van der Waals surface area contributed by atoms with Gasteiger partial charge in [-0.2, -0.15) is 0 Å². The molecule has 4 amide bonds. The van der Waals surface area contributed by atoms with Crippen molar-refractivity contribution in [2.75, 3.05) is 19.0 Å². The van der Waals surface area contributed by atoms with Crippen LogP contribution in [0, 0.1) is 5.92 Å². The average molecular weight is 422 g/mol. The fraction of sp³-hybridized carbons (Fsp3) is 0.600. The molecule has 1 fully saturated rings. The highest BCUT2D eigenvalue weighted by molar-refractivity contribution is 7.17. The molecule has 0 spiro atoms. The van der Waals surface area contributed by atoms with E-state index in [9.17, 15) is 19.2 Å². The predicted molar refractivity (Wildman–Crippen MR) is 109 cm³/mol. The fourth-order valence-corrected chi connectivity index (χ4v) is 5.43. The van der Waals surface area contributed by atoms with Gasteiger partial charge in [0.2, 0.25) is 5.91 Å². The number of nitrogens with one attached hydrogen (secondary N) is 2. The van der Waals surface area contributed by atoms with Gasteiger partial charge < -0.3 is 15.4 Å². The highest BCUT2D eigenvalue weighted by Gasteiger charge is 2.49. The third-order valence-electron chi connectivity index (χ3n) is 5.91. The molecule has 1 aromatic heterocycles. The monoisotopic (exact) mass is 421 g/mol. The second-order valence-electron chi connectivity index (χ2n) is 7.71. The molecule has 1 saturated heterocycles. The number of hydrogen-bond donors (Lipinski definition) is 2. The van der Waals surface area contributed by atoms with E-state index in [-0.39, 0.29) is 0 Å². The number of hydrogen-bond acceptors (Lipinski definition) is 6. The van der Waals surface area contributed by atoms with E-state index in [2.05, 4.69) is 17.6 Å². The zero-order valence-electron chi connectivity index (χ0n) is 17.2. The van der Waals surface area contributed by atoms with Crippen LogP contribution in [0.5, 0.6) is 0 Å². The molecule has 9 heteroatoms. The minimum absolute atomic E-state index is 0.390. The lowest BCUT2D eigenvalue weighted by atomic mass is 9.88. The Balaban J connectivity index is 1.80. The normalized spacial score (nSPS) is 20.3. The maximum atomic E-state index is 12.7. The number of nitrogens with zero attached hydrogens (tertiary/aromatic N) is 1. The Labute approximate surface area is 174 Å². The number of methoxy groups -OCH3 is 1. The quantitative estimate of drug-likeness (QED) is 0.543. The molecule has 2 heterocycles. The average Bonchev–Trinajstić information content (AvgIpc) is 3.16. The lowest BCUT2D eigenvalue weighted by molar-refractivity contribution is -0.134. The van der Waals surface area contributed by atoms with E-state index in [1.165, 1.54) is 18.4 Å². The zero-order chi connectivity index (χ0) is 21.3. The molecule has 3 rings (SSSR count). The summed E-state index contributed by atoms with van der Waals surface area (Å²) < 4.78 is 4.92. The Morgan fingerprint density at radius 2 is 2.00 bits per heavy atom. The van der Waals surface area contributed by atoms with Crippen molar-refractivity contribution in [1.29, 1.82) is 0 Å². The molecule has 1 aliphatic carbocycles. The first-order valence-corrected chi connectivity index (χ1v) is 10.7. The summed E-state index contributed by atoms with van der Waals surface area (Å²) in [5.74, 6) is -0.890. The van der Waals surface area contributed by atoms with E-state index >= 15 is 0 Å². The molecule has 8 nitrogen and oxygen atoms in total. The van der Waals surface area contributed by atoms with Crippen molar-refractivity contribution in [1.82, 2.24) is 10.2 Å². The Morgan fingerprint density at radius 3 is 2.59 bits per heavy atom. The summed E-state index contributed by atoms with van der Waals surface area (Å²) in [5, 5.41) is 5.86. The van der Waals surface area contributed by atoms with Gasteiger partial charge in [0, 0.05) is 4.88 Å². The van der Waals surface area contributed by atoms with E-state index in [1.807, 2.05) is 13.8 Å².